The van der Waals surface area contributed by atoms with Gasteiger partial charge in [-0.15, -0.1) is 0 Å². The minimum Gasteiger partial charge on any atom is -0.352 e. The monoisotopic (exact) mass is 346 g/mol. The first-order chi connectivity index (χ1) is 11.9. The van der Waals surface area contributed by atoms with E-state index in [2.05, 4.69) is 16.9 Å². The summed E-state index contributed by atoms with van der Waals surface area (Å²) >= 11 is 0. The number of hydrogen-bond acceptors (Lipinski definition) is 2. The number of halogens is 3. The lowest BCUT2D eigenvalue weighted by atomic mass is 10.1. The number of nitrogens with one attached hydrogen (secondary N) is 1. The lowest BCUT2D eigenvalue weighted by Crippen LogP contribution is -2.24. The van der Waals surface area contributed by atoms with Crippen LogP contribution in [0.5, 0.6) is 0 Å². The first-order valence-electron chi connectivity index (χ1n) is 7.97. The van der Waals surface area contributed by atoms with Crippen LogP contribution in [-0.2, 0) is 4.79 Å². The fourth-order valence-electron chi connectivity index (χ4n) is 2.47. The van der Waals surface area contributed by atoms with Gasteiger partial charge >= 0.3 is 6.18 Å². The first-order valence-corrected chi connectivity index (χ1v) is 7.97. The molecule has 0 bridgehead atoms. The summed E-state index contributed by atoms with van der Waals surface area (Å²) in [6, 6.07) is 8.47. The molecule has 25 heavy (non-hydrogen) atoms. The van der Waals surface area contributed by atoms with E-state index in [0.29, 0.717) is 17.6 Å². The Bertz CT molecular complexity index is 851. The number of allylic oxidation sites excluding steroid dienone is 1. The van der Waals surface area contributed by atoms with Gasteiger partial charge in [-0.2, -0.15) is 13.2 Å². The van der Waals surface area contributed by atoms with E-state index < -0.39 is 11.7 Å². The van der Waals surface area contributed by atoms with Crippen LogP contribution in [0, 0.1) is 5.92 Å². The van der Waals surface area contributed by atoms with Crippen molar-refractivity contribution in [1.29, 1.82) is 0 Å². The van der Waals surface area contributed by atoms with Crippen molar-refractivity contribution in [1.82, 2.24) is 10.3 Å². The van der Waals surface area contributed by atoms with E-state index in [0.717, 1.165) is 18.2 Å². The van der Waals surface area contributed by atoms with Crippen molar-refractivity contribution < 1.29 is 18.0 Å². The molecule has 0 saturated heterocycles. The number of rotatable bonds is 5. The van der Waals surface area contributed by atoms with Crippen LogP contribution in [0.1, 0.15) is 24.2 Å². The second-order valence-corrected chi connectivity index (χ2v) is 6.01. The molecule has 1 heterocycles. The zero-order valence-corrected chi connectivity index (χ0v) is 13.4. The fourth-order valence-corrected chi connectivity index (χ4v) is 2.47. The number of carbonyl (C=O) groups excluding carboxylic acids is 1. The largest absolute Gasteiger partial charge is 0.417 e. The minimum absolute atomic E-state index is 0.0154. The van der Waals surface area contributed by atoms with Crippen LogP contribution in [-0.4, -0.2) is 23.6 Å². The lowest BCUT2D eigenvalue weighted by Gasteiger charge is -2.12. The summed E-state index contributed by atoms with van der Waals surface area (Å²) in [5, 5.41) is 4.17. The Morgan fingerprint density at radius 3 is 2.72 bits per heavy atom. The average Bonchev–Trinajstić information content (AvgIpc) is 3.41. The van der Waals surface area contributed by atoms with Gasteiger partial charge in [0.1, 0.15) is 0 Å². The number of benzene rings is 1. The number of pyridine rings is 1. The molecule has 1 N–H and O–H groups in total. The van der Waals surface area contributed by atoms with E-state index >= 15 is 0 Å². The van der Waals surface area contributed by atoms with E-state index in [4.69, 9.17) is 0 Å². The number of aromatic nitrogens is 1. The maximum Gasteiger partial charge on any atom is 0.417 e. The summed E-state index contributed by atoms with van der Waals surface area (Å²) in [7, 11) is 0. The van der Waals surface area contributed by atoms with Crippen molar-refractivity contribution in [2.45, 2.75) is 19.0 Å². The smallest absolute Gasteiger partial charge is 0.352 e. The van der Waals surface area contributed by atoms with Crippen LogP contribution in [0.3, 0.4) is 0 Å². The molecule has 1 fully saturated rings. The number of carbonyl (C=O) groups is 1. The highest BCUT2D eigenvalue weighted by molar-refractivity contribution is 5.91. The Kier molecular flexibility index (Phi) is 4.61. The maximum atomic E-state index is 12.9. The number of alkyl halides is 3. The molecule has 0 aliphatic heterocycles. The molecule has 3 nitrogen and oxygen atoms in total. The third-order valence-electron chi connectivity index (χ3n) is 4.04. The molecule has 0 unspecified atom stereocenters. The van der Waals surface area contributed by atoms with Crippen LogP contribution >= 0.6 is 0 Å². The quantitative estimate of drug-likeness (QED) is 0.874. The zero-order valence-electron chi connectivity index (χ0n) is 13.4. The normalized spacial score (nSPS) is 14.8. The summed E-state index contributed by atoms with van der Waals surface area (Å²) in [6.45, 7) is 3.44. The predicted molar refractivity (Wildman–Crippen MR) is 91.6 cm³/mol. The van der Waals surface area contributed by atoms with Gasteiger partial charge in [0.15, 0.2) is 0 Å². The second-order valence-electron chi connectivity index (χ2n) is 6.01. The average molecular weight is 346 g/mol. The van der Waals surface area contributed by atoms with Gasteiger partial charge < -0.3 is 5.32 Å². The minimum atomic E-state index is -4.53. The van der Waals surface area contributed by atoms with Crippen LogP contribution in [0.4, 0.5) is 13.2 Å². The highest BCUT2D eigenvalue weighted by Crippen LogP contribution is 2.33. The summed E-state index contributed by atoms with van der Waals surface area (Å²) in [5.74, 6) is 0.132. The Balaban J connectivity index is 1.86. The van der Waals surface area contributed by atoms with Crippen molar-refractivity contribution in [3.8, 4) is 0 Å². The van der Waals surface area contributed by atoms with Gasteiger partial charge in [0, 0.05) is 17.8 Å². The molecule has 3 rings (SSSR count). The molecular weight excluding hydrogens is 329 g/mol. The Morgan fingerprint density at radius 1 is 1.32 bits per heavy atom. The van der Waals surface area contributed by atoms with Crippen molar-refractivity contribution in [3.63, 3.8) is 0 Å². The van der Waals surface area contributed by atoms with E-state index in [1.165, 1.54) is 6.07 Å². The summed E-state index contributed by atoms with van der Waals surface area (Å²) in [5.41, 5.74) is -0.762. The molecule has 1 saturated carbocycles. The molecular formula is C19H17F3N2O. The van der Waals surface area contributed by atoms with Gasteiger partial charge in [-0.1, -0.05) is 36.9 Å². The molecule has 6 heteroatoms. The molecule has 2 aromatic rings. The number of nitrogens with zero attached hydrogens (tertiary/aromatic N) is 1. The van der Waals surface area contributed by atoms with Crippen LogP contribution in [0.2, 0.25) is 0 Å². The molecule has 130 valence electrons. The number of hydrogen-bond donors (Lipinski definition) is 1. The highest BCUT2D eigenvalue weighted by atomic mass is 19.4. The van der Waals surface area contributed by atoms with Crippen molar-refractivity contribution >= 4 is 28.3 Å². The van der Waals surface area contributed by atoms with E-state index in [1.807, 2.05) is 0 Å². The van der Waals surface area contributed by atoms with Gasteiger partial charge in [-0.3, -0.25) is 4.79 Å². The van der Waals surface area contributed by atoms with Gasteiger partial charge in [0.05, 0.1) is 17.0 Å². The zero-order chi connectivity index (χ0) is 18.0. The number of amides is 1. The molecule has 0 atom stereocenters. The third-order valence-corrected chi connectivity index (χ3v) is 4.04. The van der Waals surface area contributed by atoms with E-state index in [1.54, 1.807) is 36.4 Å². The first kappa shape index (κ1) is 17.2. The summed E-state index contributed by atoms with van der Waals surface area (Å²) < 4.78 is 38.8. The number of fused-ring (bicyclic) bond motifs is 1. The summed E-state index contributed by atoms with van der Waals surface area (Å²) in [6.07, 6.45) is 0.624. The molecule has 1 amide bonds. The predicted octanol–water partition coefficient (Wildman–Crippen LogP) is 4.35. The van der Waals surface area contributed by atoms with Crippen LogP contribution < -0.4 is 5.32 Å². The highest BCUT2D eigenvalue weighted by Gasteiger charge is 2.34. The van der Waals surface area contributed by atoms with Crippen molar-refractivity contribution in [2.24, 2.45) is 5.92 Å². The van der Waals surface area contributed by atoms with Crippen LogP contribution in [0.15, 0.2) is 43.0 Å². The molecule has 1 aliphatic rings. The lowest BCUT2D eigenvalue weighted by molar-refractivity contribution is -0.122. The standard InChI is InChI=1S/C19H17F3N2O/c1-12(19(20,21)22)17-11-14-5-2-3-6-15(14)16(24-17)7-4-10-23-18(25)13-8-9-13/h2-7,11,13H,1,8-10H2,(H,23,25)/b7-4+. The Labute approximate surface area is 143 Å². The molecule has 1 aromatic carbocycles. The van der Waals surface area contributed by atoms with E-state index in [-0.39, 0.29) is 17.5 Å². The topological polar surface area (TPSA) is 42.0 Å². The van der Waals surface area contributed by atoms with Gasteiger partial charge in [0.2, 0.25) is 5.91 Å². The van der Waals surface area contributed by atoms with Crippen molar-refractivity contribution in [2.75, 3.05) is 6.54 Å². The SMILES string of the molecule is C=C(c1cc2ccccc2c(/C=C/CNC(=O)C2CC2)n1)C(F)(F)F. The Hall–Kier alpha value is -2.63. The molecule has 1 aliphatic carbocycles. The molecule has 1 aromatic heterocycles. The molecule has 0 spiro atoms. The Morgan fingerprint density at radius 2 is 2.04 bits per heavy atom. The second kappa shape index (κ2) is 6.70. The van der Waals surface area contributed by atoms with Gasteiger partial charge in [-0.25, -0.2) is 4.98 Å². The van der Waals surface area contributed by atoms with Crippen LogP contribution in [0.25, 0.3) is 22.4 Å². The summed E-state index contributed by atoms with van der Waals surface area (Å²) in [4.78, 5) is 15.7. The van der Waals surface area contributed by atoms with E-state index in [9.17, 15) is 18.0 Å². The van der Waals surface area contributed by atoms with Crippen molar-refractivity contribution in [3.05, 3.63) is 54.4 Å². The van der Waals surface area contributed by atoms with Gasteiger partial charge in [0.25, 0.3) is 0 Å². The third kappa shape index (κ3) is 4.07. The molecule has 0 radical (unpaired) electrons. The van der Waals surface area contributed by atoms with Gasteiger partial charge in [-0.05, 0) is 30.4 Å². The fraction of sp³-hybridized carbons (Fsp3) is 0.263. The maximum absolute atomic E-state index is 12.9.